The van der Waals surface area contributed by atoms with Crippen molar-refractivity contribution in [2.45, 2.75) is 6.42 Å². The second-order valence-electron chi connectivity index (χ2n) is 5.46. The SMILES string of the molecule is COc1ccc(C(=O)Nc2ncc(Cc3cccc(Cl)c3)s2)c(OC)c1. The molecule has 1 N–H and O–H groups in total. The van der Waals surface area contributed by atoms with Crippen LogP contribution in [-0.4, -0.2) is 25.1 Å². The molecule has 5 nitrogen and oxygen atoms in total. The van der Waals surface area contributed by atoms with Gasteiger partial charge in [-0.05, 0) is 29.8 Å². The molecule has 1 heterocycles. The molecule has 1 aromatic heterocycles. The first-order valence-electron chi connectivity index (χ1n) is 7.81. The van der Waals surface area contributed by atoms with Crippen molar-refractivity contribution in [3.05, 3.63) is 69.7 Å². The van der Waals surface area contributed by atoms with E-state index >= 15 is 0 Å². The van der Waals surface area contributed by atoms with E-state index in [1.807, 2.05) is 24.3 Å². The highest BCUT2D eigenvalue weighted by Crippen LogP contribution is 2.27. The highest BCUT2D eigenvalue weighted by molar-refractivity contribution is 7.15. The maximum absolute atomic E-state index is 12.5. The van der Waals surface area contributed by atoms with Crippen LogP contribution in [0.5, 0.6) is 11.5 Å². The molecule has 2 aromatic carbocycles. The van der Waals surface area contributed by atoms with Gasteiger partial charge in [0.2, 0.25) is 0 Å². The Balaban J connectivity index is 1.72. The Morgan fingerprint density at radius 3 is 2.77 bits per heavy atom. The van der Waals surface area contributed by atoms with Crippen LogP contribution in [0.2, 0.25) is 5.02 Å². The van der Waals surface area contributed by atoms with Gasteiger partial charge in [0.1, 0.15) is 11.5 Å². The average Bonchev–Trinajstić information content (AvgIpc) is 3.07. The van der Waals surface area contributed by atoms with Crippen molar-refractivity contribution in [2.75, 3.05) is 19.5 Å². The zero-order chi connectivity index (χ0) is 18.5. The highest BCUT2D eigenvalue weighted by atomic mass is 35.5. The van der Waals surface area contributed by atoms with Gasteiger partial charge in [-0.15, -0.1) is 11.3 Å². The largest absolute Gasteiger partial charge is 0.497 e. The van der Waals surface area contributed by atoms with Crippen LogP contribution in [0, 0.1) is 0 Å². The monoisotopic (exact) mass is 388 g/mol. The van der Waals surface area contributed by atoms with Crippen molar-refractivity contribution >= 4 is 34.0 Å². The maximum atomic E-state index is 12.5. The third kappa shape index (κ3) is 4.33. The van der Waals surface area contributed by atoms with Crippen molar-refractivity contribution in [2.24, 2.45) is 0 Å². The number of rotatable bonds is 6. The summed E-state index contributed by atoms with van der Waals surface area (Å²) in [5.41, 5.74) is 1.51. The van der Waals surface area contributed by atoms with Gasteiger partial charge in [-0.2, -0.15) is 0 Å². The lowest BCUT2D eigenvalue weighted by Gasteiger charge is -2.09. The van der Waals surface area contributed by atoms with Gasteiger partial charge < -0.3 is 9.47 Å². The Morgan fingerprint density at radius 1 is 1.19 bits per heavy atom. The number of methoxy groups -OCH3 is 2. The molecule has 0 saturated heterocycles. The highest BCUT2D eigenvalue weighted by Gasteiger charge is 2.15. The van der Waals surface area contributed by atoms with E-state index in [2.05, 4.69) is 10.3 Å². The van der Waals surface area contributed by atoms with Gasteiger partial charge in [-0.3, -0.25) is 10.1 Å². The van der Waals surface area contributed by atoms with Crippen LogP contribution in [0.4, 0.5) is 5.13 Å². The summed E-state index contributed by atoms with van der Waals surface area (Å²) in [6, 6.07) is 12.7. The molecule has 0 bridgehead atoms. The van der Waals surface area contributed by atoms with Crippen molar-refractivity contribution in [3.63, 3.8) is 0 Å². The molecule has 0 unspecified atom stereocenters. The van der Waals surface area contributed by atoms with E-state index in [0.29, 0.717) is 33.6 Å². The van der Waals surface area contributed by atoms with Gasteiger partial charge in [0.25, 0.3) is 5.91 Å². The predicted molar refractivity (Wildman–Crippen MR) is 104 cm³/mol. The molecule has 0 fully saturated rings. The number of halogens is 1. The summed E-state index contributed by atoms with van der Waals surface area (Å²) in [6.45, 7) is 0. The van der Waals surface area contributed by atoms with E-state index in [4.69, 9.17) is 21.1 Å². The molecule has 0 saturated carbocycles. The van der Waals surface area contributed by atoms with Crippen LogP contribution in [0.3, 0.4) is 0 Å². The topological polar surface area (TPSA) is 60.5 Å². The first kappa shape index (κ1) is 18.2. The first-order chi connectivity index (χ1) is 12.6. The molecule has 0 aliphatic rings. The quantitative estimate of drug-likeness (QED) is 0.667. The van der Waals surface area contributed by atoms with E-state index < -0.39 is 0 Å². The van der Waals surface area contributed by atoms with Gasteiger partial charge in [0.05, 0.1) is 19.8 Å². The van der Waals surface area contributed by atoms with E-state index in [1.165, 1.54) is 18.4 Å². The van der Waals surface area contributed by atoms with Crippen LogP contribution in [0.25, 0.3) is 0 Å². The Morgan fingerprint density at radius 2 is 2.04 bits per heavy atom. The smallest absolute Gasteiger partial charge is 0.261 e. The summed E-state index contributed by atoms with van der Waals surface area (Å²) in [5.74, 6) is 0.780. The van der Waals surface area contributed by atoms with Gasteiger partial charge in [0, 0.05) is 28.6 Å². The second kappa shape index (κ2) is 8.21. The first-order valence-corrected chi connectivity index (χ1v) is 9.01. The Bertz CT molecular complexity index is 927. The number of carbonyl (C=O) groups excluding carboxylic acids is 1. The Labute approximate surface area is 160 Å². The van der Waals surface area contributed by atoms with E-state index in [9.17, 15) is 4.79 Å². The normalized spacial score (nSPS) is 10.4. The summed E-state index contributed by atoms with van der Waals surface area (Å²) >= 11 is 7.44. The molecule has 7 heteroatoms. The number of ether oxygens (including phenoxy) is 2. The van der Waals surface area contributed by atoms with Gasteiger partial charge in [-0.1, -0.05) is 23.7 Å². The molecule has 3 rings (SSSR count). The number of hydrogen-bond donors (Lipinski definition) is 1. The van der Waals surface area contributed by atoms with Crippen LogP contribution >= 0.6 is 22.9 Å². The molecule has 3 aromatic rings. The van der Waals surface area contributed by atoms with Crippen molar-refractivity contribution in [1.29, 1.82) is 0 Å². The van der Waals surface area contributed by atoms with Gasteiger partial charge in [0.15, 0.2) is 5.13 Å². The number of amides is 1. The Hall–Kier alpha value is -2.57. The molecule has 0 radical (unpaired) electrons. The van der Waals surface area contributed by atoms with E-state index in [0.717, 1.165) is 10.4 Å². The molecule has 0 aliphatic heterocycles. The number of nitrogens with zero attached hydrogens (tertiary/aromatic N) is 1. The molecule has 1 amide bonds. The lowest BCUT2D eigenvalue weighted by atomic mass is 10.1. The van der Waals surface area contributed by atoms with Crippen molar-refractivity contribution < 1.29 is 14.3 Å². The summed E-state index contributed by atoms with van der Waals surface area (Å²) < 4.78 is 10.4. The lowest BCUT2D eigenvalue weighted by molar-refractivity contribution is 0.102. The van der Waals surface area contributed by atoms with Gasteiger partial charge in [-0.25, -0.2) is 4.98 Å². The van der Waals surface area contributed by atoms with Crippen molar-refractivity contribution in [3.8, 4) is 11.5 Å². The number of carbonyl (C=O) groups is 1. The minimum Gasteiger partial charge on any atom is -0.497 e. The van der Waals surface area contributed by atoms with Crippen LogP contribution in [0.15, 0.2) is 48.7 Å². The molecular weight excluding hydrogens is 372 g/mol. The van der Waals surface area contributed by atoms with Crippen LogP contribution < -0.4 is 14.8 Å². The van der Waals surface area contributed by atoms with Crippen LogP contribution in [0.1, 0.15) is 20.8 Å². The third-order valence-electron chi connectivity index (χ3n) is 3.69. The minimum atomic E-state index is -0.284. The fourth-order valence-electron chi connectivity index (χ4n) is 2.45. The number of aromatic nitrogens is 1. The lowest BCUT2D eigenvalue weighted by Crippen LogP contribution is -2.13. The summed E-state index contributed by atoms with van der Waals surface area (Å²) in [4.78, 5) is 17.8. The van der Waals surface area contributed by atoms with Gasteiger partial charge >= 0.3 is 0 Å². The van der Waals surface area contributed by atoms with E-state index in [-0.39, 0.29) is 5.91 Å². The number of benzene rings is 2. The minimum absolute atomic E-state index is 0.284. The summed E-state index contributed by atoms with van der Waals surface area (Å²) in [6.07, 6.45) is 2.46. The fourth-order valence-corrected chi connectivity index (χ4v) is 3.50. The molecular formula is C19H17ClN2O3S. The van der Waals surface area contributed by atoms with Crippen molar-refractivity contribution in [1.82, 2.24) is 4.98 Å². The Kier molecular flexibility index (Phi) is 5.75. The summed E-state index contributed by atoms with van der Waals surface area (Å²) in [5, 5.41) is 4.04. The maximum Gasteiger partial charge on any atom is 0.261 e. The fraction of sp³-hybridized carbons (Fsp3) is 0.158. The molecule has 26 heavy (non-hydrogen) atoms. The number of nitrogens with one attached hydrogen (secondary N) is 1. The molecule has 0 spiro atoms. The molecule has 0 aliphatic carbocycles. The zero-order valence-electron chi connectivity index (χ0n) is 14.3. The number of anilines is 1. The average molecular weight is 389 g/mol. The predicted octanol–water partition coefficient (Wildman–Crippen LogP) is 4.66. The second-order valence-corrected chi connectivity index (χ2v) is 7.01. The molecule has 0 atom stereocenters. The molecule has 134 valence electrons. The standard InChI is InChI=1S/C19H17ClN2O3S/c1-24-14-6-7-16(17(10-14)25-2)18(23)22-19-21-11-15(26-19)9-12-4-3-5-13(20)8-12/h3-8,10-11H,9H2,1-2H3,(H,21,22,23). The number of thiazole rings is 1. The summed E-state index contributed by atoms with van der Waals surface area (Å²) in [7, 11) is 3.07. The van der Waals surface area contributed by atoms with E-state index in [1.54, 1.807) is 31.5 Å². The number of hydrogen-bond acceptors (Lipinski definition) is 5. The third-order valence-corrected chi connectivity index (χ3v) is 4.84. The zero-order valence-corrected chi connectivity index (χ0v) is 15.9. The van der Waals surface area contributed by atoms with Crippen LogP contribution in [-0.2, 0) is 6.42 Å².